The number of anilines is 1. The summed E-state index contributed by atoms with van der Waals surface area (Å²) in [5.74, 6) is 1.32. The average Bonchev–Trinajstić information content (AvgIpc) is 3.05. The van der Waals surface area contributed by atoms with E-state index in [0.29, 0.717) is 23.1 Å². The van der Waals surface area contributed by atoms with Crippen molar-refractivity contribution in [1.82, 2.24) is 20.3 Å². The predicted molar refractivity (Wildman–Crippen MR) is 73.5 cm³/mol. The Morgan fingerprint density at radius 2 is 2.05 bits per heavy atom. The lowest BCUT2D eigenvalue weighted by Crippen LogP contribution is -1.88. The molecule has 0 aliphatic carbocycles. The molecule has 19 heavy (non-hydrogen) atoms. The molecule has 0 saturated heterocycles. The Kier molecular flexibility index (Phi) is 2.96. The number of hydrogen-bond acceptors (Lipinski definition) is 6. The van der Waals surface area contributed by atoms with Gasteiger partial charge in [-0.05, 0) is 6.26 Å². The topological polar surface area (TPSA) is 93.6 Å². The number of nitrogen functional groups attached to an aromatic ring is 1. The summed E-state index contributed by atoms with van der Waals surface area (Å²) in [6.07, 6.45) is 1.91. The predicted octanol–water partition coefficient (Wildman–Crippen LogP) is 2.43. The number of benzene rings is 1. The highest BCUT2D eigenvalue weighted by atomic mass is 32.2. The number of aromatic amines is 1. The number of nitrogens with one attached hydrogen (secondary N) is 1. The first-order valence-corrected chi connectivity index (χ1v) is 6.79. The zero-order valence-electron chi connectivity index (χ0n) is 10.1. The van der Waals surface area contributed by atoms with Crippen molar-refractivity contribution in [2.45, 2.75) is 5.03 Å². The van der Waals surface area contributed by atoms with E-state index in [1.807, 2.05) is 36.6 Å². The lowest BCUT2D eigenvalue weighted by Gasteiger charge is -1.93. The van der Waals surface area contributed by atoms with Gasteiger partial charge in [-0.1, -0.05) is 35.5 Å². The van der Waals surface area contributed by atoms with Crippen LogP contribution in [0.2, 0.25) is 0 Å². The summed E-state index contributed by atoms with van der Waals surface area (Å²) in [6, 6.07) is 9.62. The number of nitrogens with two attached hydrogens (primary N) is 1. The average molecular weight is 273 g/mol. The Bertz CT molecular complexity index is 691. The first-order chi connectivity index (χ1) is 9.29. The Morgan fingerprint density at radius 3 is 2.79 bits per heavy atom. The second kappa shape index (κ2) is 4.77. The van der Waals surface area contributed by atoms with Crippen LogP contribution in [0.25, 0.3) is 22.8 Å². The number of nitrogens with zero attached hydrogens (tertiary/aromatic N) is 3. The molecule has 0 aliphatic heterocycles. The molecular formula is C12H11N5OS. The van der Waals surface area contributed by atoms with Gasteiger partial charge in [0.2, 0.25) is 5.82 Å². The van der Waals surface area contributed by atoms with E-state index >= 15 is 0 Å². The standard InChI is InChI=1S/C12H11N5OS/c1-19-12-8(9(13)15-16-12)11-14-10(17-18-11)7-5-3-2-4-6-7/h2-6H,1H3,(H3,13,15,16). The molecule has 0 radical (unpaired) electrons. The van der Waals surface area contributed by atoms with Crippen molar-refractivity contribution in [3.8, 4) is 22.8 Å². The molecule has 0 aliphatic rings. The molecule has 0 spiro atoms. The van der Waals surface area contributed by atoms with Gasteiger partial charge in [-0.3, -0.25) is 5.10 Å². The second-order valence-electron chi connectivity index (χ2n) is 3.81. The van der Waals surface area contributed by atoms with Crippen LogP contribution >= 0.6 is 11.8 Å². The maximum Gasteiger partial charge on any atom is 0.264 e. The molecule has 0 unspecified atom stereocenters. The van der Waals surface area contributed by atoms with E-state index in [0.717, 1.165) is 10.6 Å². The molecule has 3 aromatic rings. The number of hydrogen-bond donors (Lipinski definition) is 2. The van der Waals surface area contributed by atoms with Crippen LogP contribution < -0.4 is 5.73 Å². The Balaban J connectivity index is 2.04. The van der Waals surface area contributed by atoms with E-state index in [4.69, 9.17) is 10.3 Å². The van der Waals surface area contributed by atoms with Crippen LogP contribution in [-0.4, -0.2) is 26.6 Å². The maximum atomic E-state index is 5.84. The van der Waals surface area contributed by atoms with Crippen molar-refractivity contribution in [1.29, 1.82) is 0 Å². The smallest absolute Gasteiger partial charge is 0.264 e. The summed E-state index contributed by atoms with van der Waals surface area (Å²) in [6.45, 7) is 0. The van der Waals surface area contributed by atoms with Gasteiger partial charge in [-0.25, -0.2) is 0 Å². The Morgan fingerprint density at radius 1 is 1.26 bits per heavy atom. The van der Waals surface area contributed by atoms with Crippen LogP contribution in [0.1, 0.15) is 0 Å². The van der Waals surface area contributed by atoms with Crippen molar-refractivity contribution in [3.05, 3.63) is 30.3 Å². The molecule has 2 heterocycles. The van der Waals surface area contributed by atoms with Gasteiger partial charge in [0.25, 0.3) is 5.89 Å². The van der Waals surface area contributed by atoms with E-state index in [9.17, 15) is 0 Å². The van der Waals surface area contributed by atoms with E-state index in [1.165, 1.54) is 11.8 Å². The summed E-state index contributed by atoms with van der Waals surface area (Å²) in [5.41, 5.74) is 7.39. The van der Waals surface area contributed by atoms with Crippen LogP contribution in [0.15, 0.2) is 39.9 Å². The molecule has 0 bridgehead atoms. The molecule has 0 fully saturated rings. The summed E-state index contributed by atoms with van der Waals surface area (Å²) in [5, 5.41) is 11.5. The minimum atomic E-state index is 0.370. The lowest BCUT2D eigenvalue weighted by molar-refractivity contribution is 0.431. The minimum Gasteiger partial charge on any atom is -0.383 e. The monoisotopic (exact) mass is 273 g/mol. The number of rotatable bonds is 3. The SMILES string of the molecule is CSc1n[nH]c(N)c1-c1nc(-c2ccccc2)no1. The molecule has 6 nitrogen and oxygen atoms in total. The van der Waals surface area contributed by atoms with Gasteiger partial charge >= 0.3 is 0 Å². The van der Waals surface area contributed by atoms with Gasteiger partial charge in [0.1, 0.15) is 16.4 Å². The molecule has 0 atom stereocenters. The van der Waals surface area contributed by atoms with E-state index in [-0.39, 0.29) is 0 Å². The van der Waals surface area contributed by atoms with Crippen LogP contribution in [0.3, 0.4) is 0 Å². The summed E-state index contributed by atoms with van der Waals surface area (Å²) < 4.78 is 5.27. The minimum absolute atomic E-state index is 0.370. The highest BCUT2D eigenvalue weighted by Gasteiger charge is 2.19. The third-order valence-corrected chi connectivity index (χ3v) is 3.31. The van der Waals surface area contributed by atoms with Crippen molar-refractivity contribution in [3.63, 3.8) is 0 Å². The second-order valence-corrected chi connectivity index (χ2v) is 4.61. The zero-order chi connectivity index (χ0) is 13.2. The zero-order valence-corrected chi connectivity index (χ0v) is 10.9. The first kappa shape index (κ1) is 11.8. The molecule has 7 heteroatoms. The van der Waals surface area contributed by atoms with E-state index < -0.39 is 0 Å². The fourth-order valence-corrected chi connectivity index (χ4v) is 2.26. The van der Waals surface area contributed by atoms with Crippen LogP contribution in [0.5, 0.6) is 0 Å². The summed E-state index contributed by atoms with van der Waals surface area (Å²) in [7, 11) is 0. The van der Waals surface area contributed by atoms with Gasteiger partial charge < -0.3 is 10.3 Å². The molecule has 0 amide bonds. The molecule has 3 rings (SSSR count). The van der Waals surface area contributed by atoms with E-state index in [1.54, 1.807) is 0 Å². The van der Waals surface area contributed by atoms with Crippen LogP contribution in [-0.2, 0) is 0 Å². The van der Waals surface area contributed by atoms with Gasteiger partial charge in [-0.2, -0.15) is 10.1 Å². The Hall–Kier alpha value is -2.28. The van der Waals surface area contributed by atoms with Crippen molar-refractivity contribution < 1.29 is 4.52 Å². The van der Waals surface area contributed by atoms with Crippen LogP contribution in [0, 0.1) is 0 Å². The quantitative estimate of drug-likeness (QED) is 0.712. The molecule has 2 aromatic heterocycles. The largest absolute Gasteiger partial charge is 0.383 e. The summed E-state index contributed by atoms with van der Waals surface area (Å²) >= 11 is 1.47. The van der Waals surface area contributed by atoms with Crippen LogP contribution in [0.4, 0.5) is 5.82 Å². The first-order valence-electron chi connectivity index (χ1n) is 5.57. The van der Waals surface area contributed by atoms with Gasteiger partial charge in [0.15, 0.2) is 0 Å². The lowest BCUT2D eigenvalue weighted by atomic mass is 10.2. The van der Waals surface area contributed by atoms with Crippen molar-refractivity contribution >= 4 is 17.6 Å². The summed E-state index contributed by atoms with van der Waals surface area (Å²) in [4.78, 5) is 4.36. The Labute approximate surface area is 113 Å². The number of aromatic nitrogens is 4. The third kappa shape index (κ3) is 2.08. The number of thioether (sulfide) groups is 1. The van der Waals surface area contributed by atoms with Gasteiger partial charge in [0.05, 0.1) is 0 Å². The van der Waals surface area contributed by atoms with E-state index in [2.05, 4.69) is 20.3 Å². The highest BCUT2D eigenvalue weighted by Crippen LogP contribution is 2.32. The normalized spacial score (nSPS) is 10.8. The number of H-pyrrole nitrogens is 1. The van der Waals surface area contributed by atoms with Gasteiger partial charge in [0, 0.05) is 5.56 Å². The molecular weight excluding hydrogens is 262 g/mol. The maximum absolute atomic E-state index is 5.84. The molecule has 3 N–H and O–H groups in total. The molecule has 0 saturated carbocycles. The van der Waals surface area contributed by atoms with Gasteiger partial charge in [-0.15, -0.1) is 11.8 Å². The fourth-order valence-electron chi connectivity index (χ4n) is 1.72. The highest BCUT2D eigenvalue weighted by molar-refractivity contribution is 7.98. The molecule has 96 valence electrons. The molecule has 1 aromatic carbocycles. The fraction of sp³-hybridized carbons (Fsp3) is 0.0833. The third-order valence-electron chi connectivity index (χ3n) is 2.63. The van der Waals surface area contributed by atoms with Crippen molar-refractivity contribution in [2.75, 3.05) is 12.0 Å². The van der Waals surface area contributed by atoms with Crippen molar-refractivity contribution in [2.24, 2.45) is 0 Å².